The van der Waals surface area contributed by atoms with Crippen LogP contribution in [0.4, 0.5) is 17.2 Å². The van der Waals surface area contributed by atoms with Gasteiger partial charge in [0.25, 0.3) is 0 Å². The van der Waals surface area contributed by atoms with Crippen LogP contribution in [0.25, 0.3) is 6.08 Å². The van der Waals surface area contributed by atoms with Crippen LogP contribution in [-0.4, -0.2) is 60.2 Å². The maximum absolute atomic E-state index is 12.6. The van der Waals surface area contributed by atoms with Gasteiger partial charge in [0.15, 0.2) is 0 Å². The molecule has 0 radical (unpaired) electrons. The van der Waals surface area contributed by atoms with Gasteiger partial charge in [-0.2, -0.15) is 5.26 Å². The predicted molar refractivity (Wildman–Crippen MR) is 131 cm³/mol. The fourth-order valence-electron chi connectivity index (χ4n) is 4.80. The van der Waals surface area contributed by atoms with E-state index in [9.17, 15) is 10.1 Å². The van der Waals surface area contributed by atoms with Crippen LogP contribution in [0.3, 0.4) is 0 Å². The second-order valence-corrected chi connectivity index (χ2v) is 9.35. The van der Waals surface area contributed by atoms with Crippen molar-refractivity contribution in [1.29, 1.82) is 5.26 Å². The summed E-state index contributed by atoms with van der Waals surface area (Å²) in [6.07, 6.45) is 7.94. The molecule has 3 fully saturated rings. The van der Waals surface area contributed by atoms with Crippen molar-refractivity contribution in [2.24, 2.45) is 5.92 Å². The molecule has 1 aliphatic heterocycles. The van der Waals surface area contributed by atoms with Crippen molar-refractivity contribution in [2.45, 2.75) is 37.6 Å². The molecule has 1 amide bonds. The van der Waals surface area contributed by atoms with Gasteiger partial charge in [-0.1, -0.05) is 6.58 Å². The van der Waals surface area contributed by atoms with Crippen molar-refractivity contribution >= 4 is 29.2 Å². The summed E-state index contributed by atoms with van der Waals surface area (Å²) in [6, 6.07) is 8.27. The van der Waals surface area contributed by atoms with Gasteiger partial charge in [-0.3, -0.25) is 9.78 Å². The van der Waals surface area contributed by atoms with Crippen LogP contribution in [-0.2, 0) is 9.53 Å². The third kappa shape index (κ3) is 4.62. The first-order valence-electron chi connectivity index (χ1n) is 11.9. The van der Waals surface area contributed by atoms with Gasteiger partial charge >= 0.3 is 0 Å². The molecule has 0 spiro atoms. The van der Waals surface area contributed by atoms with Crippen molar-refractivity contribution in [2.75, 3.05) is 43.6 Å². The van der Waals surface area contributed by atoms with Crippen LogP contribution in [0.5, 0.6) is 0 Å². The summed E-state index contributed by atoms with van der Waals surface area (Å²) < 4.78 is 5.10. The molecule has 3 aliphatic rings. The number of carbonyl (C=O) groups is 1. The minimum absolute atomic E-state index is 0.0435. The zero-order valence-electron chi connectivity index (χ0n) is 19.5. The second-order valence-electron chi connectivity index (χ2n) is 9.35. The van der Waals surface area contributed by atoms with E-state index in [4.69, 9.17) is 9.72 Å². The third-order valence-corrected chi connectivity index (χ3v) is 6.86. The number of anilines is 3. The molecule has 2 saturated carbocycles. The first-order valence-corrected chi connectivity index (χ1v) is 11.9. The standard InChI is InChI=1S/C26H30N6O2/c1-3-20-13-21(8-9-28-20)29-22-12-19(14-27)26(30-25(22)18-6-7-18)31-10-11-32(24(33)16-34-2)23(15-31)17-4-5-17/h3,8-9,12-13,17-18,23H,1,4-7,10-11,15-16H2,2H3,(H,28,29). The number of nitrogens with zero attached hydrogens (tertiary/aromatic N) is 5. The molecule has 3 heterocycles. The highest BCUT2D eigenvalue weighted by molar-refractivity contribution is 5.78. The number of aromatic nitrogens is 2. The maximum Gasteiger partial charge on any atom is 0.248 e. The van der Waals surface area contributed by atoms with Crippen LogP contribution in [0.15, 0.2) is 31.0 Å². The molecule has 0 bridgehead atoms. The monoisotopic (exact) mass is 458 g/mol. The van der Waals surface area contributed by atoms with E-state index >= 15 is 0 Å². The molecule has 0 aromatic carbocycles. The smallest absolute Gasteiger partial charge is 0.248 e. The van der Waals surface area contributed by atoms with E-state index in [1.807, 2.05) is 23.1 Å². The van der Waals surface area contributed by atoms with E-state index in [1.165, 1.54) is 0 Å². The molecule has 1 saturated heterocycles. The fraction of sp³-hybridized carbons (Fsp3) is 0.462. The average molecular weight is 459 g/mol. The van der Waals surface area contributed by atoms with Crippen LogP contribution in [0, 0.1) is 17.2 Å². The van der Waals surface area contributed by atoms with Crippen molar-refractivity contribution in [3.63, 3.8) is 0 Å². The number of hydrogen-bond donors (Lipinski definition) is 1. The number of nitrogens with one attached hydrogen (secondary N) is 1. The number of methoxy groups -OCH3 is 1. The lowest BCUT2D eigenvalue weighted by atomic mass is 10.1. The zero-order chi connectivity index (χ0) is 23.7. The Bertz CT molecular complexity index is 1130. The fourth-order valence-corrected chi connectivity index (χ4v) is 4.80. The lowest BCUT2D eigenvalue weighted by molar-refractivity contribution is -0.138. The molecule has 2 aromatic heterocycles. The number of piperazine rings is 1. The first kappa shape index (κ1) is 22.4. The summed E-state index contributed by atoms with van der Waals surface area (Å²) in [6.45, 7) is 5.88. The molecule has 1 N–H and O–H groups in total. The highest BCUT2D eigenvalue weighted by atomic mass is 16.5. The van der Waals surface area contributed by atoms with E-state index in [1.54, 1.807) is 19.4 Å². The Kier molecular flexibility index (Phi) is 6.20. The SMILES string of the molecule is C=Cc1cc(Nc2cc(C#N)c(N3CCN(C(=O)COC)C(C4CC4)C3)nc2C2CC2)ccn1. The van der Waals surface area contributed by atoms with Gasteiger partial charge in [0, 0.05) is 44.5 Å². The van der Waals surface area contributed by atoms with Gasteiger partial charge in [-0.05, 0) is 55.9 Å². The highest BCUT2D eigenvalue weighted by Gasteiger charge is 2.41. The minimum atomic E-state index is 0.0435. The first-order chi connectivity index (χ1) is 16.6. The van der Waals surface area contributed by atoms with E-state index in [0.29, 0.717) is 37.0 Å². The Morgan fingerprint density at radius 1 is 1.32 bits per heavy atom. The molecule has 176 valence electrons. The Hall–Kier alpha value is -3.44. The zero-order valence-corrected chi connectivity index (χ0v) is 19.5. The van der Waals surface area contributed by atoms with Gasteiger partial charge in [0.1, 0.15) is 18.5 Å². The summed E-state index contributed by atoms with van der Waals surface area (Å²) in [5.74, 6) is 1.70. The van der Waals surface area contributed by atoms with Crippen LogP contribution >= 0.6 is 0 Å². The van der Waals surface area contributed by atoms with Gasteiger partial charge < -0.3 is 19.9 Å². The summed E-state index contributed by atoms with van der Waals surface area (Å²) in [5.41, 5.74) is 4.11. The summed E-state index contributed by atoms with van der Waals surface area (Å²) in [7, 11) is 1.56. The molecule has 1 atom stereocenters. The quantitative estimate of drug-likeness (QED) is 0.645. The largest absolute Gasteiger partial charge is 0.375 e. The molecular weight excluding hydrogens is 428 g/mol. The van der Waals surface area contributed by atoms with Crippen LogP contribution in [0.1, 0.15) is 48.6 Å². The van der Waals surface area contributed by atoms with Crippen molar-refractivity contribution < 1.29 is 9.53 Å². The molecule has 2 aromatic rings. The van der Waals surface area contributed by atoms with Gasteiger partial charge in [-0.25, -0.2) is 4.98 Å². The molecule has 34 heavy (non-hydrogen) atoms. The lowest BCUT2D eigenvalue weighted by Crippen LogP contribution is -2.57. The Morgan fingerprint density at radius 3 is 2.82 bits per heavy atom. The van der Waals surface area contributed by atoms with Gasteiger partial charge in [-0.15, -0.1) is 0 Å². The topological polar surface area (TPSA) is 94.4 Å². The number of ether oxygens (including phenoxy) is 1. The molecule has 2 aliphatic carbocycles. The summed E-state index contributed by atoms with van der Waals surface area (Å²) in [5, 5.41) is 13.5. The number of pyridine rings is 2. The van der Waals surface area contributed by atoms with Gasteiger partial charge in [0.2, 0.25) is 5.91 Å². The normalized spacial score (nSPS) is 20.1. The van der Waals surface area contributed by atoms with Crippen LogP contribution in [0.2, 0.25) is 0 Å². The van der Waals surface area contributed by atoms with E-state index in [2.05, 4.69) is 27.8 Å². The lowest BCUT2D eigenvalue weighted by Gasteiger charge is -2.42. The van der Waals surface area contributed by atoms with E-state index in [0.717, 1.165) is 54.3 Å². The molecular formula is C26H30N6O2. The van der Waals surface area contributed by atoms with Crippen LogP contribution < -0.4 is 10.2 Å². The molecule has 8 heteroatoms. The average Bonchev–Trinajstić information content (AvgIpc) is 3.77. The minimum Gasteiger partial charge on any atom is -0.375 e. The number of carbonyl (C=O) groups excluding carboxylic acids is 1. The van der Waals surface area contributed by atoms with E-state index < -0.39 is 0 Å². The van der Waals surface area contributed by atoms with Crippen molar-refractivity contribution in [3.8, 4) is 6.07 Å². The molecule has 5 rings (SSSR count). The second kappa shape index (κ2) is 9.43. The maximum atomic E-state index is 12.6. The summed E-state index contributed by atoms with van der Waals surface area (Å²) >= 11 is 0. The third-order valence-electron chi connectivity index (χ3n) is 6.86. The molecule has 8 nitrogen and oxygen atoms in total. The predicted octanol–water partition coefficient (Wildman–Crippen LogP) is 3.69. The van der Waals surface area contributed by atoms with Gasteiger partial charge in [0.05, 0.1) is 28.7 Å². The Balaban J connectivity index is 1.44. The number of nitriles is 1. The van der Waals surface area contributed by atoms with Crippen molar-refractivity contribution in [1.82, 2.24) is 14.9 Å². The highest BCUT2D eigenvalue weighted by Crippen LogP contribution is 2.45. The Labute approximate surface area is 200 Å². The summed E-state index contributed by atoms with van der Waals surface area (Å²) in [4.78, 5) is 26.1. The molecule has 1 unspecified atom stereocenters. The number of hydrogen-bond acceptors (Lipinski definition) is 7. The Morgan fingerprint density at radius 2 is 2.15 bits per heavy atom. The number of rotatable bonds is 8. The van der Waals surface area contributed by atoms with E-state index in [-0.39, 0.29) is 18.6 Å². The van der Waals surface area contributed by atoms with Crippen molar-refractivity contribution in [3.05, 3.63) is 47.9 Å². The number of amides is 1.